The van der Waals surface area contributed by atoms with E-state index >= 15 is 0 Å². The first-order chi connectivity index (χ1) is 14.5. The van der Waals surface area contributed by atoms with Crippen LogP contribution in [0.15, 0.2) is 54.6 Å². The van der Waals surface area contributed by atoms with Crippen LogP contribution in [-0.2, 0) is 4.79 Å². The van der Waals surface area contributed by atoms with Crippen LogP contribution in [0.5, 0.6) is 23.0 Å². The Labute approximate surface area is 174 Å². The van der Waals surface area contributed by atoms with Crippen molar-refractivity contribution in [3.63, 3.8) is 0 Å². The number of amides is 1. The van der Waals surface area contributed by atoms with Crippen molar-refractivity contribution >= 4 is 23.2 Å². The lowest BCUT2D eigenvalue weighted by Gasteiger charge is -2.10. The van der Waals surface area contributed by atoms with Crippen molar-refractivity contribution in [1.82, 2.24) is 0 Å². The smallest absolute Gasteiger partial charge is 0.256 e. The van der Waals surface area contributed by atoms with Gasteiger partial charge in [0.25, 0.3) is 5.91 Å². The van der Waals surface area contributed by atoms with E-state index in [0.717, 1.165) is 27.9 Å². The summed E-state index contributed by atoms with van der Waals surface area (Å²) < 4.78 is 16.0. The molecule has 3 aromatic carbocycles. The van der Waals surface area contributed by atoms with Crippen LogP contribution in [0.1, 0.15) is 11.1 Å². The van der Waals surface area contributed by atoms with Crippen LogP contribution >= 0.6 is 0 Å². The average Bonchev–Trinajstić information content (AvgIpc) is 3.08. The van der Waals surface area contributed by atoms with Crippen LogP contribution in [-0.4, -0.2) is 32.3 Å². The molecular formula is C24H21NO5. The van der Waals surface area contributed by atoms with Crippen molar-refractivity contribution in [2.45, 2.75) is 0 Å². The molecule has 152 valence electrons. The van der Waals surface area contributed by atoms with Gasteiger partial charge in [-0.2, -0.15) is 0 Å². The first-order valence-electron chi connectivity index (χ1n) is 9.31. The molecule has 3 aromatic rings. The molecule has 0 saturated carbocycles. The number of phenols is 1. The fourth-order valence-corrected chi connectivity index (χ4v) is 3.56. The number of aromatic hydroxyl groups is 1. The fraction of sp³-hybridized carbons (Fsp3) is 0.125. The van der Waals surface area contributed by atoms with Gasteiger partial charge in [0, 0.05) is 22.4 Å². The Balaban J connectivity index is 1.76. The van der Waals surface area contributed by atoms with Crippen molar-refractivity contribution < 1.29 is 24.1 Å². The summed E-state index contributed by atoms with van der Waals surface area (Å²) in [5.41, 5.74) is 4.59. The van der Waals surface area contributed by atoms with Gasteiger partial charge in [-0.05, 0) is 41.5 Å². The molecule has 30 heavy (non-hydrogen) atoms. The lowest BCUT2D eigenvalue weighted by molar-refractivity contribution is -0.110. The van der Waals surface area contributed by atoms with E-state index in [1.807, 2.05) is 36.4 Å². The molecule has 0 aromatic heterocycles. The summed E-state index contributed by atoms with van der Waals surface area (Å²) in [5, 5.41) is 12.7. The summed E-state index contributed by atoms with van der Waals surface area (Å²) in [5.74, 6) is 1.45. The maximum Gasteiger partial charge on any atom is 0.256 e. The molecule has 0 bridgehead atoms. The molecule has 1 amide bonds. The third-order valence-corrected chi connectivity index (χ3v) is 5.05. The van der Waals surface area contributed by atoms with Gasteiger partial charge in [0.2, 0.25) is 0 Å². The standard InChI is InChI=1S/C24H21NO5/c1-28-21-6-4-5-16(23(21)30-3)11-18-17-9-7-14(12-19(17)25-24(18)27)15-8-10-20(26)22(13-15)29-2/h4-13,26H,1-3H3,(H,25,27)/b18-11-. The van der Waals surface area contributed by atoms with E-state index in [2.05, 4.69) is 5.32 Å². The van der Waals surface area contributed by atoms with Gasteiger partial charge < -0.3 is 24.6 Å². The summed E-state index contributed by atoms with van der Waals surface area (Å²) in [4.78, 5) is 12.7. The molecule has 6 nitrogen and oxygen atoms in total. The number of methoxy groups -OCH3 is 3. The van der Waals surface area contributed by atoms with E-state index in [1.54, 1.807) is 38.5 Å². The minimum Gasteiger partial charge on any atom is -0.504 e. The molecular weight excluding hydrogens is 382 g/mol. The van der Waals surface area contributed by atoms with Crippen LogP contribution in [0.3, 0.4) is 0 Å². The second-order valence-electron chi connectivity index (χ2n) is 6.74. The van der Waals surface area contributed by atoms with Gasteiger partial charge in [-0.25, -0.2) is 0 Å². The molecule has 0 unspecified atom stereocenters. The number of benzene rings is 3. The van der Waals surface area contributed by atoms with E-state index < -0.39 is 0 Å². The Kier molecular flexibility index (Phi) is 5.06. The number of anilines is 1. The molecule has 0 atom stereocenters. The van der Waals surface area contributed by atoms with Gasteiger partial charge in [-0.15, -0.1) is 0 Å². The van der Waals surface area contributed by atoms with E-state index in [-0.39, 0.29) is 11.7 Å². The number of ether oxygens (including phenoxy) is 3. The van der Waals surface area contributed by atoms with E-state index in [4.69, 9.17) is 14.2 Å². The van der Waals surface area contributed by atoms with Crippen molar-refractivity contribution in [2.75, 3.05) is 26.6 Å². The van der Waals surface area contributed by atoms with Crippen LogP contribution in [0.2, 0.25) is 0 Å². The molecule has 4 rings (SSSR count). The summed E-state index contributed by atoms with van der Waals surface area (Å²) in [6, 6.07) is 16.4. The monoisotopic (exact) mass is 403 g/mol. The number of carbonyl (C=O) groups excluding carboxylic acids is 1. The van der Waals surface area contributed by atoms with Gasteiger partial charge >= 0.3 is 0 Å². The minimum atomic E-state index is -0.185. The Morgan fingerprint density at radius 2 is 1.60 bits per heavy atom. The molecule has 0 saturated heterocycles. The Morgan fingerprint density at radius 3 is 2.33 bits per heavy atom. The molecule has 2 N–H and O–H groups in total. The van der Waals surface area contributed by atoms with Gasteiger partial charge in [0.15, 0.2) is 23.0 Å². The van der Waals surface area contributed by atoms with Gasteiger partial charge in [-0.1, -0.05) is 30.3 Å². The van der Waals surface area contributed by atoms with E-state index in [0.29, 0.717) is 22.8 Å². The third kappa shape index (κ3) is 3.33. The summed E-state index contributed by atoms with van der Waals surface area (Å²) >= 11 is 0. The molecule has 0 radical (unpaired) electrons. The second kappa shape index (κ2) is 7.83. The lowest BCUT2D eigenvalue weighted by Crippen LogP contribution is -2.03. The average molecular weight is 403 g/mol. The Bertz CT molecular complexity index is 1170. The third-order valence-electron chi connectivity index (χ3n) is 5.05. The highest BCUT2D eigenvalue weighted by Crippen LogP contribution is 2.40. The van der Waals surface area contributed by atoms with Gasteiger partial charge in [-0.3, -0.25) is 4.79 Å². The predicted octanol–water partition coefficient (Wildman–Crippen LogP) is 4.58. The molecule has 1 heterocycles. The van der Waals surface area contributed by atoms with Crippen molar-refractivity contribution in [2.24, 2.45) is 0 Å². The SMILES string of the molecule is COc1cc(-c2ccc3c(c2)NC(=O)/C3=C\c2cccc(OC)c2OC)ccc1O. The summed E-state index contributed by atoms with van der Waals surface area (Å²) in [6.07, 6.45) is 1.80. The first-order valence-corrected chi connectivity index (χ1v) is 9.31. The lowest BCUT2D eigenvalue weighted by atomic mass is 9.99. The maximum atomic E-state index is 12.7. The van der Waals surface area contributed by atoms with Crippen LogP contribution in [0, 0.1) is 0 Å². The molecule has 0 spiro atoms. The van der Waals surface area contributed by atoms with Crippen molar-refractivity contribution in [1.29, 1.82) is 0 Å². The number of carbonyl (C=O) groups is 1. The summed E-state index contributed by atoms with van der Waals surface area (Å²) in [6.45, 7) is 0. The zero-order valence-corrected chi connectivity index (χ0v) is 16.9. The fourth-order valence-electron chi connectivity index (χ4n) is 3.56. The van der Waals surface area contributed by atoms with E-state index in [9.17, 15) is 9.90 Å². The molecule has 1 aliphatic rings. The maximum absolute atomic E-state index is 12.7. The zero-order chi connectivity index (χ0) is 21.3. The largest absolute Gasteiger partial charge is 0.504 e. The number of hydrogen-bond acceptors (Lipinski definition) is 5. The highest BCUT2D eigenvalue weighted by atomic mass is 16.5. The van der Waals surface area contributed by atoms with Crippen LogP contribution in [0.25, 0.3) is 22.8 Å². The highest BCUT2D eigenvalue weighted by Gasteiger charge is 2.25. The van der Waals surface area contributed by atoms with Crippen LogP contribution < -0.4 is 19.5 Å². The Hall–Kier alpha value is -3.93. The highest BCUT2D eigenvalue weighted by molar-refractivity contribution is 6.35. The predicted molar refractivity (Wildman–Crippen MR) is 116 cm³/mol. The quantitative estimate of drug-likeness (QED) is 0.610. The number of fused-ring (bicyclic) bond motifs is 1. The molecule has 1 aliphatic heterocycles. The molecule has 0 fully saturated rings. The minimum absolute atomic E-state index is 0.0770. The summed E-state index contributed by atoms with van der Waals surface area (Å²) in [7, 11) is 4.65. The number of nitrogens with one attached hydrogen (secondary N) is 1. The zero-order valence-electron chi connectivity index (χ0n) is 16.9. The number of phenolic OH excluding ortho intramolecular Hbond substituents is 1. The molecule has 6 heteroatoms. The van der Waals surface area contributed by atoms with Crippen molar-refractivity contribution in [3.05, 3.63) is 65.7 Å². The van der Waals surface area contributed by atoms with Crippen LogP contribution in [0.4, 0.5) is 5.69 Å². The number of rotatable bonds is 5. The number of hydrogen-bond donors (Lipinski definition) is 2. The second-order valence-corrected chi connectivity index (χ2v) is 6.74. The van der Waals surface area contributed by atoms with Gasteiger partial charge in [0.1, 0.15) is 0 Å². The normalized spacial score (nSPS) is 13.7. The van der Waals surface area contributed by atoms with Crippen molar-refractivity contribution in [3.8, 4) is 34.1 Å². The molecule has 0 aliphatic carbocycles. The van der Waals surface area contributed by atoms with Gasteiger partial charge in [0.05, 0.1) is 21.3 Å². The van der Waals surface area contributed by atoms with E-state index in [1.165, 1.54) is 7.11 Å². The Morgan fingerprint density at radius 1 is 0.867 bits per heavy atom. The number of para-hydroxylation sites is 1. The topological polar surface area (TPSA) is 77.0 Å². The first kappa shape index (κ1) is 19.4.